The van der Waals surface area contributed by atoms with E-state index in [1.807, 2.05) is 68.4 Å². The summed E-state index contributed by atoms with van der Waals surface area (Å²) < 4.78 is 4.59. The number of hydrogen-bond donors (Lipinski definition) is 1. The van der Waals surface area contributed by atoms with Gasteiger partial charge in [-0.25, -0.2) is 4.79 Å². The fourth-order valence-electron chi connectivity index (χ4n) is 1.62. The summed E-state index contributed by atoms with van der Waals surface area (Å²) in [7, 11) is 1.35. The third-order valence-corrected chi connectivity index (χ3v) is 2.43. The number of benzene rings is 2. The summed E-state index contributed by atoms with van der Waals surface area (Å²) in [5.41, 5.74) is 2.77. The molecule has 2 rings (SSSR count). The van der Waals surface area contributed by atoms with Gasteiger partial charge in [0.2, 0.25) is 0 Å². The van der Waals surface area contributed by atoms with E-state index in [9.17, 15) is 4.79 Å². The molecule has 0 aliphatic carbocycles. The van der Waals surface area contributed by atoms with Crippen LogP contribution < -0.4 is 5.32 Å². The second-order valence-electron chi connectivity index (χ2n) is 3.53. The van der Waals surface area contributed by atoms with Crippen molar-refractivity contribution in [3.05, 3.63) is 54.6 Å². The minimum Gasteiger partial charge on any atom is -0.453 e. The van der Waals surface area contributed by atoms with Crippen molar-refractivity contribution in [2.75, 3.05) is 12.4 Å². The Morgan fingerprint density at radius 1 is 0.947 bits per heavy atom. The molecule has 0 bridgehead atoms. The Hall–Kier alpha value is -2.29. The summed E-state index contributed by atoms with van der Waals surface area (Å²) in [6.07, 6.45) is -0.464. The van der Waals surface area contributed by atoms with E-state index in [0.29, 0.717) is 0 Å². The number of rotatable bonds is 2. The van der Waals surface area contributed by atoms with E-state index < -0.39 is 6.09 Å². The van der Waals surface area contributed by atoms with E-state index in [0.717, 1.165) is 16.8 Å². The molecule has 0 aliphatic heterocycles. The lowest BCUT2D eigenvalue weighted by atomic mass is 10.0. The van der Waals surface area contributed by atoms with Gasteiger partial charge in [0, 0.05) is 5.56 Å². The highest BCUT2D eigenvalue weighted by molar-refractivity contribution is 5.91. The zero-order chi connectivity index (χ0) is 14.1. The van der Waals surface area contributed by atoms with Gasteiger partial charge in [-0.05, 0) is 11.6 Å². The standard InChI is InChI=1S/C14H13NO2.C2H6/c1-17-14(16)15-13-10-6-5-9-12(13)11-7-3-2-4-8-11;1-2/h2-10H,1H3,(H,15,16);1-2H3. The van der Waals surface area contributed by atoms with Gasteiger partial charge in [0.15, 0.2) is 0 Å². The predicted molar refractivity (Wildman–Crippen MR) is 79.3 cm³/mol. The summed E-state index contributed by atoms with van der Waals surface area (Å²) in [4.78, 5) is 11.2. The molecule has 100 valence electrons. The molecule has 2 aromatic rings. The highest BCUT2D eigenvalue weighted by Gasteiger charge is 2.06. The van der Waals surface area contributed by atoms with Gasteiger partial charge in [-0.3, -0.25) is 5.32 Å². The van der Waals surface area contributed by atoms with E-state index in [2.05, 4.69) is 10.1 Å². The summed E-state index contributed by atoms with van der Waals surface area (Å²) in [5.74, 6) is 0. The van der Waals surface area contributed by atoms with Crippen LogP contribution in [-0.4, -0.2) is 13.2 Å². The maximum Gasteiger partial charge on any atom is 0.411 e. The second kappa shape index (κ2) is 7.93. The van der Waals surface area contributed by atoms with Crippen LogP contribution >= 0.6 is 0 Å². The van der Waals surface area contributed by atoms with Crippen LogP contribution in [0, 0.1) is 0 Å². The molecule has 3 nitrogen and oxygen atoms in total. The van der Waals surface area contributed by atoms with Gasteiger partial charge in [-0.1, -0.05) is 62.4 Å². The lowest BCUT2D eigenvalue weighted by molar-refractivity contribution is 0.187. The van der Waals surface area contributed by atoms with Gasteiger partial charge < -0.3 is 4.74 Å². The van der Waals surface area contributed by atoms with Gasteiger partial charge in [0.05, 0.1) is 12.8 Å². The Morgan fingerprint density at radius 2 is 1.53 bits per heavy atom. The number of hydrogen-bond acceptors (Lipinski definition) is 2. The van der Waals surface area contributed by atoms with Crippen molar-refractivity contribution in [1.82, 2.24) is 0 Å². The average Bonchev–Trinajstić information content (AvgIpc) is 2.50. The van der Waals surface area contributed by atoms with Crippen LogP contribution in [0.4, 0.5) is 10.5 Å². The molecular formula is C16H19NO2. The number of anilines is 1. The fraction of sp³-hybridized carbons (Fsp3) is 0.188. The quantitative estimate of drug-likeness (QED) is 0.856. The fourth-order valence-corrected chi connectivity index (χ4v) is 1.62. The number of ether oxygens (including phenoxy) is 1. The van der Waals surface area contributed by atoms with Crippen molar-refractivity contribution in [2.45, 2.75) is 13.8 Å². The molecule has 19 heavy (non-hydrogen) atoms. The van der Waals surface area contributed by atoms with E-state index in [1.54, 1.807) is 0 Å². The first-order valence-electron chi connectivity index (χ1n) is 6.30. The van der Waals surface area contributed by atoms with Crippen LogP contribution in [-0.2, 0) is 4.74 Å². The van der Waals surface area contributed by atoms with Crippen LogP contribution in [0.3, 0.4) is 0 Å². The molecule has 2 aromatic carbocycles. The van der Waals surface area contributed by atoms with E-state index in [4.69, 9.17) is 0 Å². The van der Waals surface area contributed by atoms with Crippen LogP contribution in [0.15, 0.2) is 54.6 Å². The van der Waals surface area contributed by atoms with Gasteiger partial charge >= 0.3 is 6.09 Å². The van der Waals surface area contributed by atoms with Gasteiger partial charge in [0.25, 0.3) is 0 Å². The third kappa shape index (κ3) is 4.14. The topological polar surface area (TPSA) is 38.3 Å². The number of para-hydroxylation sites is 1. The molecule has 0 saturated carbocycles. The molecule has 0 saturated heterocycles. The van der Waals surface area contributed by atoms with Crippen molar-refractivity contribution in [3.63, 3.8) is 0 Å². The Kier molecular flexibility index (Phi) is 6.16. The van der Waals surface area contributed by atoms with Crippen molar-refractivity contribution in [1.29, 1.82) is 0 Å². The van der Waals surface area contributed by atoms with Crippen molar-refractivity contribution < 1.29 is 9.53 Å². The Morgan fingerprint density at radius 3 is 2.16 bits per heavy atom. The molecule has 0 heterocycles. The maximum absolute atomic E-state index is 11.2. The first-order chi connectivity index (χ1) is 9.31. The molecule has 0 aromatic heterocycles. The molecule has 3 heteroatoms. The summed E-state index contributed by atoms with van der Waals surface area (Å²) in [6.45, 7) is 4.00. The van der Waals surface area contributed by atoms with Crippen molar-refractivity contribution in [3.8, 4) is 11.1 Å². The molecule has 0 fully saturated rings. The number of carbonyl (C=O) groups excluding carboxylic acids is 1. The van der Waals surface area contributed by atoms with Gasteiger partial charge in [-0.2, -0.15) is 0 Å². The number of carbonyl (C=O) groups is 1. The highest BCUT2D eigenvalue weighted by Crippen LogP contribution is 2.27. The second-order valence-corrected chi connectivity index (χ2v) is 3.53. The SMILES string of the molecule is CC.COC(=O)Nc1ccccc1-c1ccccc1. The highest BCUT2D eigenvalue weighted by atomic mass is 16.5. The van der Waals surface area contributed by atoms with Crippen LogP contribution in [0.25, 0.3) is 11.1 Å². The lowest BCUT2D eigenvalue weighted by Gasteiger charge is -2.10. The minimum absolute atomic E-state index is 0.464. The molecule has 0 spiro atoms. The number of amides is 1. The molecule has 0 unspecified atom stereocenters. The minimum atomic E-state index is -0.464. The molecule has 0 aliphatic rings. The lowest BCUT2D eigenvalue weighted by Crippen LogP contribution is -2.11. The molecule has 0 atom stereocenters. The van der Waals surface area contributed by atoms with Crippen LogP contribution in [0.2, 0.25) is 0 Å². The number of nitrogens with one attached hydrogen (secondary N) is 1. The molecule has 1 N–H and O–H groups in total. The zero-order valence-corrected chi connectivity index (χ0v) is 11.5. The molecular weight excluding hydrogens is 238 g/mol. The largest absolute Gasteiger partial charge is 0.453 e. The Balaban J connectivity index is 0.000000861. The van der Waals surface area contributed by atoms with E-state index >= 15 is 0 Å². The Labute approximate surface area is 114 Å². The van der Waals surface area contributed by atoms with Gasteiger partial charge in [-0.15, -0.1) is 0 Å². The zero-order valence-electron chi connectivity index (χ0n) is 11.5. The normalized spacial score (nSPS) is 9.00. The van der Waals surface area contributed by atoms with Crippen molar-refractivity contribution >= 4 is 11.8 Å². The van der Waals surface area contributed by atoms with E-state index in [-0.39, 0.29) is 0 Å². The smallest absolute Gasteiger partial charge is 0.411 e. The molecule has 1 amide bonds. The predicted octanol–water partition coefficient (Wildman–Crippen LogP) is 4.56. The van der Waals surface area contributed by atoms with Crippen LogP contribution in [0.5, 0.6) is 0 Å². The summed E-state index contributed by atoms with van der Waals surface area (Å²) >= 11 is 0. The van der Waals surface area contributed by atoms with Gasteiger partial charge in [0.1, 0.15) is 0 Å². The first kappa shape index (κ1) is 14.8. The van der Waals surface area contributed by atoms with Crippen molar-refractivity contribution in [2.24, 2.45) is 0 Å². The Bertz CT molecular complexity index is 509. The maximum atomic E-state index is 11.2. The monoisotopic (exact) mass is 257 g/mol. The van der Waals surface area contributed by atoms with E-state index in [1.165, 1.54) is 7.11 Å². The summed E-state index contributed by atoms with van der Waals surface area (Å²) in [5, 5.41) is 2.70. The summed E-state index contributed by atoms with van der Waals surface area (Å²) in [6, 6.07) is 17.5. The third-order valence-electron chi connectivity index (χ3n) is 2.43. The van der Waals surface area contributed by atoms with Crippen LogP contribution in [0.1, 0.15) is 13.8 Å². The molecule has 0 radical (unpaired) electrons. The average molecular weight is 257 g/mol. The first-order valence-corrected chi connectivity index (χ1v) is 6.30. The number of methoxy groups -OCH3 is 1.